The van der Waals surface area contributed by atoms with Gasteiger partial charge in [0, 0.05) is 62.8 Å². The van der Waals surface area contributed by atoms with Crippen LogP contribution in [0, 0.1) is 0 Å². The molecule has 0 aromatic heterocycles. The number of carbonyl (C=O) groups is 2. The fraction of sp³-hybridized carbons (Fsp3) is 0.212. The number of urea groups is 1. The fourth-order valence-electron chi connectivity index (χ4n) is 4.67. The standard InChI is InChI=1S/C33H35N5O3/c39-32(34-19-20-37-21-23-38(24-22-37)25-26-7-3-1-4-8-26)27-11-13-28(14-12-27)35-33(40)36-29-15-17-31(18-16-29)41-30-9-5-2-6-10-30/h1-18H,19-25H2,(H,34,39)(H2,35,36,40). The van der Waals surface area contributed by atoms with Gasteiger partial charge < -0.3 is 20.7 Å². The third-order valence-electron chi connectivity index (χ3n) is 6.92. The van der Waals surface area contributed by atoms with Gasteiger partial charge in [-0.2, -0.15) is 0 Å². The van der Waals surface area contributed by atoms with Crippen molar-refractivity contribution < 1.29 is 14.3 Å². The number of benzene rings is 4. The zero-order valence-electron chi connectivity index (χ0n) is 23.0. The number of hydrogen-bond donors (Lipinski definition) is 3. The van der Waals surface area contributed by atoms with Crippen molar-refractivity contribution in [2.24, 2.45) is 0 Å². The summed E-state index contributed by atoms with van der Waals surface area (Å²) in [5.41, 5.74) is 3.13. The Balaban J connectivity index is 0.996. The molecule has 5 rings (SSSR count). The van der Waals surface area contributed by atoms with Crippen LogP contribution in [0.5, 0.6) is 11.5 Å². The van der Waals surface area contributed by atoms with Gasteiger partial charge in [-0.15, -0.1) is 0 Å². The van der Waals surface area contributed by atoms with Gasteiger partial charge in [0.25, 0.3) is 5.91 Å². The normalized spacial score (nSPS) is 13.8. The summed E-state index contributed by atoms with van der Waals surface area (Å²) in [5.74, 6) is 1.30. The van der Waals surface area contributed by atoms with E-state index in [2.05, 4.69) is 50.0 Å². The minimum Gasteiger partial charge on any atom is -0.457 e. The second-order valence-electron chi connectivity index (χ2n) is 9.96. The molecule has 3 amide bonds. The van der Waals surface area contributed by atoms with E-state index in [1.54, 1.807) is 48.5 Å². The summed E-state index contributed by atoms with van der Waals surface area (Å²) in [5, 5.41) is 8.60. The molecule has 41 heavy (non-hydrogen) atoms. The van der Waals surface area contributed by atoms with Gasteiger partial charge in [-0.3, -0.25) is 14.6 Å². The monoisotopic (exact) mass is 549 g/mol. The molecule has 1 saturated heterocycles. The first-order chi connectivity index (χ1) is 20.1. The number of para-hydroxylation sites is 1. The van der Waals surface area contributed by atoms with Crippen LogP contribution < -0.4 is 20.7 Å². The Morgan fingerprint density at radius 1 is 0.634 bits per heavy atom. The van der Waals surface area contributed by atoms with Crippen LogP contribution in [-0.4, -0.2) is 61.0 Å². The van der Waals surface area contributed by atoms with Crippen LogP contribution in [0.1, 0.15) is 15.9 Å². The Labute approximate surface area is 240 Å². The van der Waals surface area contributed by atoms with E-state index >= 15 is 0 Å². The molecule has 0 spiro atoms. The van der Waals surface area contributed by atoms with E-state index in [0.29, 0.717) is 29.2 Å². The van der Waals surface area contributed by atoms with Crippen LogP contribution in [0.15, 0.2) is 109 Å². The van der Waals surface area contributed by atoms with Gasteiger partial charge in [-0.25, -0.2) is 4.79 Å². The molecule has 0 unspecified atom stereocenters. The summed E-state index contributed by atoms with van der Waals surface area (Å²) in [6, 6.07) is 33.7. The van der Waals surface area contributed by atoms with E-state index in [9.17, 15) is 9.59 Å². The molecule has 3 N–H and O–H groups in total. The van der Waals surface area contributed by atoms with Gasteiger partial charge in [0.05, 0.1) is 0 Å². The number of ether oxygens (including phenoxy) is 1. The highest BCUT2D eigenvalue weighted by atomic mass is 16.5. The minimum absolute atomic E-state index is 0.124. The minimum atomic E-state index is -0.372. The maximum atomic E-state index is 12.6. The zero-order chi connectivity index (χ0) is 28.3. The van der Waals surface area contributed by atoms with Gasteiger partial charge in [-0.1, -0.05) is 48.5 Å². The van der Waals surface area contributed by atoms with Crippen LogP contribution in [-0.2, 0) is 6.54 Å². The maximum Gasteiger partial charge on any atom is 0.323 e. The molecule has 0 atom stereocenters. The highest BCUT2D eigenvalue weighted by molar-refractivity contribution is 6.00. The van der Waals surface area contributed by atoms with Crippen molar-refractivity contribution in [3.8, 4) is 11.5 Å². The first-order valence-corrected chi connectivity index (χ1v) is 13.9. The molecule has 4 aromatic rings. The van der Waals surface area contributed by atoms with Crippen molar-refractivity contribution >= 4 is 23.3 Å². The summed E-state index contributed by atoms with van der Waals surface area (Å²) in [6.07, 6.45) is 0. The molecule has 1 aliphatic heterocycles. The second-order valence-corrected chi connectivity index (χ2v) is 9.96. The topological polar surface area (TPSA) is 85.9 Å². The lowest BCUT2D eigenvalue weighted by Gasteiger charge is -2.34. The van der Waals surface area contributed by atoms with Crippen molar-refractivity contribution in [1.82, 2.24) is 15.1 Å². The van der Waals surface area contributed by atoms with Crippen molar-refractivity contribution in [2.45, 2.75) is 6.54 Å². The summed E-state index contributed by atoms with van der Waals surface area (Å²) >= 11 is 0. The van der Waals surface area contributed by atoms with Crippen LogP contribution in [0.3, 0.4) is 0 Å². The molecule has 0 saturated carbocycles. The molecule has 0 aliphatic carbocycles. The smallest absolute Gasteiger partial charge is 0.323 e. The summed E-state index contributed by atoms with van der Waals surface area (Å²) in [4.78, 5) is 29.9. The predicted molar refractivity (Wildman–Crippen MR) is 163 cm³/mol. The van der Waals surface area contributed by atoms with E-state index in [0.717, 1.165) is 45.0 Å². The number of amides is 3. The Bertz CT molecular complexity index is 1390. The van der Waals surface area contributed by atoms with E-state index < -0.39 is 0 Å². The fourth-order valence-corrected chi connectivity index (χ4v) is 4.67. The number of rotatable bonds is 10. The quantitative estimate of drug-likeness (QED) is 0.237. The Morgan fingerprint density at radius 3 is 1.80 bits per heavy atom. The maximum absolute atomic E-state index is 12.6. The van der Waals surface area contributed by atoms with Crippen molar-refractivity contribution in [2.75, 3.05) is 49.9 Å². The second kappa shape index (κ2) is 14.1. The molecule has 1 heterocycles. The van der Waals surface area contributed by atoms with Crippen molar-refractivity contribution in [3.63, 3.8) is 0 Å². The van der Waals surface area contributed by atoms with Crippen LogP contribution in [0.4, 0.5) is 16.2 Å². The molecule has 1 fully saturated rings. The van der Waals surface area contributed by atoms with Gasteiger partial charge in [-0.05, 0) is 66.2 Å². The van der Waals surface area contributed by atoms with Crippen molar-refractivity contribution in [1.29, 1.82) is 0 Å². The average Bonchev–Trinajstić information content (AvgIpc) is 3.00. The number of nitrogens with one attached hydrogen (secondary N) is 3. The summed E-state index contributed by atoms with van der Waals surface area (Å²) in [6.45, 7) is 6.44. The number of carbonyl (C=O) groups excluding carboxylic acids is 2. The van der Waals surface area contributed by atoms with Gasteiger partial charge in [0.2, 0.25) is 0 Å². The molecule has 1 aliphatic rings. The summed E-state index contributed by atoms with van der Waals surface area (Å²) < 4.78 is 5.78. The molecule has 210 valence electrons. The van der Waals surface area contributed by atoms with Crippen LogP contribution in [0.25, 0.3) is 0 Å². The zero-order valence-corrected chi connectivity index (χ0v) is 23.0. The highest BCUT2D eigenvalue weighted by Gasteiger charge is 2.17. The Hall–Kier alpha value is -4.66. The molecule has 4 aromatic carbocycles. The first kappa shape index (κ1) is 27.9. The number of hydrogen-bond acceptors (Lipinski definition) is 5. The van der Waals surface area contributed by atoms with E-state index in [1.165, 1.54) is 5.56 Å². The average molecular weight is 550 g/mol. The van der Waals surface area contributed by atoms with E-state index in [1.807, 2.05) is 36.4 Å². The SMILES string of the molecule is O=C(Nc1ccc(Oc2ccccc2)cc1)Nc1ccc(C(=O)NCCN2CCN(Cc3ccccc3)CC2)cc1. The van der Waals surface area contributed by atoms with Crippen LogP contribution in [0.2, 0.25) is 0 Å². The van der Waals surface area contributed by atoms with Gasteiger partial charge in [0.15, 0.2) is 0 Å². The molecule has 0 radical (unpaired) electrons. The summed E-state index contributed by atoms with van der Waals surface area (Å²) in [7, 11) is 0. The molecule has 0 bridgehead atoms. The number of nitrogens with zero attached hydrogens (tertiary/aromatic N) is 2. The Kier molecular flexibility index (Phi) is 9.60. The van der Waals surface area contributed by atoms with E-state index in [4.69, 9.17) is 4.74 Å². The first-order valence-electron chi connectivity index (χ1n) is 13.9. The lowest BCUT2D eigenvalue weighted by Crippen LogP contribution is -2.48. The van der Waals surface area contributed by atoms with Gasteiger partial charge >= 0.3 is 6.03 Å². The molecule has 8 heteroatoms. The molecule has 8 nitrogen and oxygen atoms in total. The lowest BCUT2D eigenvalue weighted by molar-refractivity contribution is 0.0934. The van der Waals surface area contributed by atoms with Gasteiger partial charge in [0.1, 0.15) is 11.5 Å². The van der Waals surface area contributed by atoms with Crippen LogP contribution >= 0.6 is 0 Å². The third kappa shape index (κ3) is 8.66. The Morgan fingerprint density at radius 2 is 1.17 bits per heavy atom. The lowest BCUT2D eigenvalue weighted by atomic mass is 10.2. The molecular weight excluding hydrogens is 514 g/mol. The number of piperazine rings is 1. The van der Waals surface area contributed by atoms with Crippen molar-refractivity contribution in [3.05, 3.63) is 120 Å². The number of anilines is 2. The third-order valence-corrected chi connectivity index (χ3v) is 6.92. The largest absolute Gasteiger partial charge is 0.457 e. The predicted octanol–water partition coefficient (Wildman–Crippen LogP) is 5.67. The van der Waals surface area contributed by atoms with E-state index in [-0.39, 0.29) is 11.9 Å². The molecular formula is C33H35N5O3. The highest BCUT2D eigenvalue weighted by Crippen LogP contribution is 2.22.